The van der Waals surface area contributed by atoms with Crippen LogP contribution < -0.4 is 15.4 Å². The summed E-state index contributed by atoms with van der Waals surface area (Å²) in [6.07, 6.45) is 3.63. The molecule has 2 amide bonds. The monoisotopic (exact) mass is 561 g/mol. The maximum Gasteiger partial charge on any atom is 0.253 e. The minimum absolute atomic E-state index is 0.0325. The van der Waals surface area contributed by atoms with Crippen molar-refractivity contribution in [1.82, 2.24) is 24.5 Å². The molecule has 10 nitrogen and oxygen atoms in total. The summed E-state index contributed by atoms with van der Waals surface area (Å²) in [7, 11) is 1.65. The van der Waals surface area contributed by atoms with Gasteiger partial charge in [0.15, 0.2) is 0 Å². The van der Waals surface area contributed by atoms with E-state index in [0.717, 1.165) is 22.3 Å². The molecular weight excluding hydrogens is 530 g/mol. The fourth-order valence-corrected chi connectivity index (χ4v) is 5.41. The number of likely N-dealkylation sites (tertiary alicyclic amines) is 1. The van der Waals surface area contributed by atoms with E-state index < -0.39 is 0 Å². The van der Waals surface area contributed by atoms with Crippen molar-refractivity contribution in [3.8, 4) is 28.3 Å². The van der Waals surface area contributed by atoms with Gasteiger partial charge in [0.1, 0.15) is 17.0 Å². The molecule has 0 spiro atoms. The van der Waals surface area contributed by atoms with E-state index in [1.54, 1.807) is 37.6 Å². The van der Waals surface area contributed by atoms with Gasteiger partial charge in [-0.15, -0.1) is 0 Å². The van der Waals surface area contributed by atoms with Crippen LogP contribution in [0.1, 0.15) is 24.2 Å². The number of anilines is 2. The lowest BCUT2D eigenvalue weighted by Crippen LogP contribution is -2.32. The largest absolute Gasteiger partial charge is 0.494 e. The Hall–Kier alpha value is -5.25. The average Bonchev–Trinajstić information content (AvgIpc) is 3.58. The average molecular weight is 562 g/mol. The molecule has 1 fully saturated rings. The second-order valence-corrected chi connectivity index (χ2v) is 10.4. The molecule has 2 unspecified atom stereocenters. The lowest BCUT2D eigenvalue weighted by atomic mass is 10.0. The number of pyridine rings is 1. The van der Waals surface area contributed by atoms with Crippen LogP contribution in [0.2, 0.25) is 0 Å². The van der Waals surface area contributed by atoms with Crippen LogP contribution in [0.15, 0.2) is 85.2 Å². The van der Waals surface area contributed by atoms with Crippen LogP contribution in [0, 0.1) is 5.92 Å². The van der Waals surface area contributed by atoms with Crippen molar-refractivity contribution < 1.29 is 14.3 Å². The predicted octanol–water partition coefficient (Wildman–Crippen LogP) is 5.00. The SMILES string of the molecule is COc1cccn2nc(-c3ccccc3)c(-c3ccnc(NC4CN(C(=O)c5ccc(NC(C)=O)cc5)CC4C)n3)c12. The first kappa shape index (κ1) is 26.9. The summed E-state index contributed by atoms with van der Waals surface area (Å²) in [5.74, 6) is 1.14. The van der Waals surface area contributed by atoms with E-state index in [1.807, 2.05) is 64.1 Å². The second-order valence-electron chi connectivity index (χ2n) is 10.4. The van der Waals surface area contributed by atoms with Crippen molar-refractivity contribution in [2.24, 2.45) is 5.92 Å². The summed E-state index contributed by atoms with van der Waals surface area (Å²) >= 11 is 0. The molecule has 3 aromatic heterocycles. The van der Waals surface area contributed by atoms with Crippen LogP contribution in [-0.2, 0) is 4.79 Å². The zero-order valence-corrected chi connectivity index (χ0v) is 23.6. The number of carbonyl (C=O) groups excluding carboxylic acids is 2. The van der Waals surface area contributed by atoms with E-state index in [1.165, 1.54) is 6.92 Å². The molecule has 1 aliphatic rings. The van der Waals surface area contributed by atoms with Crippen molar-refractivity contribution in [2.45, 2.75) is 19.9 Å². The van der Waals surface area contributed by atoms with Gasteiger partial charge in [0, 0.05) is 49.2 Å². The van der Waals surface area contributed by atoms with Gasteiger partial charge in [0.2, 0.25) is 11.9 Å². The van der Waals surface area contributed by atoms with Gasteiger partial charge in [0.25, 0.3) is 5.91 Å². The first-order chi connectivity index (χ1) is 20.4. The molecule has 212 valence electrons. The molecule has 0 radical (unpaired) electrons. The number of amides is 2. The summed E-state index contributed by atoms with van der Waals surface area (Å²) in [4.78, 5) is 35.8. The van der Waals surface area contributed by atoms with Gasteiger partial charge < -0.3 is 20.3 Å². The zero-order chi connectivity index (χ0) is 29.2. The molecular formula is C32H31N7O3. The highest BCUT2D eigenvalue weighted by Crippen LogP contribution is 2.38. The molecule has 10 heteroatoms. The molecule has 42 heavy (non-hydrogen) atoms. The standard InChI is InChI=1S/C32H31N7O3/c1-20-18-38(31(41)23-11-13-24(14-12-23)34-21(2)40)19-26(20)36-32-33-16-15-25(35-32)28-29(22-8-5-4-6-9-22)37-39-17-7-10-27(42-3)30(28)39/h4-17,20,26H,18-19H2,1-3H3,(H,34,40)(H,33,35,36). The first-order valence-corrected chi connectivity index (χ1v) is 13.8. The first-order valence-electron chi connectivity index (χ1n) is 13.8. The van der Waals surface area contributed by atoms with Gasteiger partial charge in [-0.25, -0.2) is 14.5 Å². The van der Waals surface area contributed by atoms with E-state index in [2.05, 4.69) is 22.5 Å². The quantitative estimate of drug-likeness (QED) is 0.288. The van der Waals surface area contributed by atoms with E-state index >= 15 is 0 Å². The highest BCUT2D eigenvalue weighted by molar-refractivity contribution is 5.96. The number of carbonyl (C=O) groups is 2. The topological polar surface area (TPSA) is 114 Å². The van der Waals surface area contributed by atoms with Gasteiger partial charge in [-0.1, -0.05) is 37.3 Å². The summed E-state index contributed by atoms with van der Waals surface area (Å²) in [5, 5.41) is 11.1. The van der Waals surface area contributed by atoms with Gasteiger partial charge in [-0.2, -0.15) is 5.10 Å². The van der Waals surface area contributed by atoms with Crippen LogP contribution in [0.3, 0.4) is 0 Å². The van der Waals surface area contributed by atoms with Crippen LogP contribution >= 0.6 is 0 Å². The number of ether oxygens (including phenoxy) is 1. The molecule has 0 aliphatic carbocycles. The number of benzene rings is 2. The third-order valence-electron chi connectivity index (χ3n) is 7.46. The highest BCUT2D eigenvalue weighted by atomic mass is 16.5. The predicted molar refractivity (Wildman–Crippen MR) is 161 cm³/mol. The molecule has 5 aromatic rings. The zero-order valence-electron chi connectivity index (χ0n) is 23.6. The Kier molecular flexibility index (Phi) is 7.26. The molecule has 2 atom stereocenters. The van der Waals surface area contributed by atoms with Crippen molar-refractivity contribution in [2.75, 3.05) is 30.8 Å². The maximum absolute atomic E-state index is 13.2. The van der Waals surface area contributed by atoms with Crippen molar-refractivity contribution >= 4 is 29.0 Å². The molecule has 1 aliphatic heterocycles. The lowest BCUT2D eigenvalue weighted by molar-refractivity contribution is -0.114. The number of methoxy groups -OCH3 is 1. The Morgan fingerprint density at radius 3 is 2.50 bits per heavy atom. The second kappa shape index (κ2) is 11.3. The highest BCUT2D eigenvalue weighted by Gasteiger charge is 2.33. The minimum Gasteiger partial charge on any atom is -0.494 e. The van der Waals surface area contributed by atoms with Gasteiger partial charge in [-0.05, 0) is 48.4 Å². The molecule has 0 bridgehead atoms. The number of rotatable bonds is 7. The number of aromatic nitrogens is 4. The number of fused-ring (bicyclic) bond motifs is 1. The van der Waals surface area contributed by atoms with Crippen LogP contribution in [0.5, 0.6) is 5.75 Å². The Morgan fingerprint density at radius 1 is 0.976 bits per heavy atom. The number of hydrogen-bond acceptors (Lipinski definition) is 7. The van der Waals surface area contributed by atoms with Crippen molar-refractivity contribution in [1.29, 1.82) is 0 Å². The summed E-state index contributed by atoms with van der Waals surface area (Å²) in [6.45, 7) is 4.68. The van der Waals surface area contributed by atoms with E-state index in [0.29, 0.717) is 41.7 Å². The third kappa shape index (κ3) is 5.26. The molecule has 0 saturated carbocycles. The van der Waals surface area contributed by atoms with Crippen LogP contribution in [-0.4, -0.2) is 62.5 Å². The lowest BCUT2D eigenvalue weighted by Gasteiger charge is -2.18. The Morgan fingerprint density at radius 2 is 1.76 bits per heavy atom. The van der Waals surface area contributed by atoms with E-state index in [4.69, 9.17) is 14.8 Å². The Balaban J connectivity index is 1.26. The molecule has 2 N–H and O–H groups in total. The number of nitrogens with zero attached hydrogens (tertiary/aromatic N) is 5. The number of hydrogen-bond donors (Lipinski definition) is 2. The van der Waals surface area contributed by atoms with E-state index in [-0.39, 0.29) is 23.8 Å². The third-order valence-corrected chi connectivity index (χ3v) is 7.46. The van der Waals surface area contributed by atoms with Crippen molar-refractivity contribution in [3.63, 3.8) is 0 Å². The Labute approximate surface area is 243 Å². The summed E-state index contributed by atoms with van der Waals surface area (Å²) in [6, 6.07) is 22.6. The van der Waals surface area contributed by atoms with Gasteiger partial charge in [-0.3, -0.25) is 9.59 Å². The fraction of sp³-hybridized carbons (Fsp3) is 0.219. The molecule has 6 rings (SSSR count). The van der Waals surface area contributed by atoms with Gasteiger partial charge >= 0.3 is 0 Å². The number of nitrogens with one attached hydrogen (secondary N) is 2. The van der Waals surface area contributed by atoms with E-state index in [9.17, 15) is 9.59 Å². The normalized spacial score (nSPS) is 16.4. The maximum atomic E-state index is 13.2. The van der Waals surface area contributed by atoms with Gasteiger partial charge in [0.05, 0.1) is 24.4 Å². The summed E-state index contributed by atoms with van der Waals surface area (Å²) < 4.78 is 7.53. The minimum atomic E-state index is -0.153. The summed E-state index contributed by atoms with van der Waals surface area (Å²) in [5.41, 5.74) is 5.37. The smallest absolute Gasteiger partial charge is 0.253 e. The van der Waals surface area contributed by atoms with Crippen LogP contribution in [0.4, 0.5) is 11.6 Å². The fourth-order valence-electron chi connectivity index (χ4n) is 5.41. The van der Waals surface area contributed by atoms with Crippen molar-refractivity contribution in [3.05, 3.63) is 90.8 Å². The van der Waals surface area contributed by atoms with Crippen LogP contribution in [0.25, 0.3) is 28.0 Å². The Bertz CT molecular complexity index is 1750. The molecule has 1 saturated heterocycles. The molecule has 4 heterocycles. The molecule has 2 aromatic carbocycles.